The van der Waals surface area contributed by atoms with E-state index in [0.717, 1.165) is 70.4 Å². The van der Waals surface area contributed by atoms with Crippen LogP contribution in [0, 0.1) is 5.92 Å². The summed E-state index contributed by atoms with van der Waals surface area (Å²) in [7, 11) is 0. The third kappa shape index (κ3) is 5.12. The molecule has 1 aromatic carbocycles. The van der Waals surface area contributed by atoms with Gasteiger partial charge in [0.1, 0.15) is 0 Å². The SMILES string of the molecule is O=C(Nc1ccc(N2CCCN(C(=O)C3CC3)CC2)c(C(=O)N2CCCCC2)c1)c1cccs1. The lowest BCUT2D eigenvalue weighted by atomic mass is 10.1. The minimum Gasteiger partial charge on any atom is -0.369 e. The largest absolute Gasteiger partial charge is 0.369 e. The van der Waals surface area contributed by atoms with Crippen molar-refractivity contribution in [3.63, 3.8) is 0 Å². The van der Waals surface area contributed by atoms with Crippen molar-refractivity contribution in [3.8, 4) is 0 Å². The molecule has 0 spiro atoms. The van der Waals surface area contributed by atoms with Crippen molar-refractivity contribution in [2.24, 2.45) is 5.92 Å². The number of rotatable bonds is 5. The van der Waals surface area contributed by atoms with Crippen LogP contribution in [0.1, 0.15) is 58.6 Å². The number of hydrogen-bond donors (Lipinski definition) is 1. The van der Waals surface area contributed by atoms with E-state index in [4.69, 9.17) is 0 Å². The van der Waals surface area contributed by atoms with Crippen molar-refractivity contribution in [1.29, 1.82) is 0 Å². The molecule has 180 valence electrons. The minimum absolute atomic E-state index is 0.0251. The Balaban J connectivity index is 1.39. The average molecular weight is 481 g/mol. The van der Waals surface area contributed by atoms with Gasteiger partial charge in [0.05, 0.1) is 10.4 Å². The van der Waals surface area contributed by atoms with Crippen LogP contribution in [0.15, 0.2) is 35.7 Å². The Morgan fingerprint density at radius 3 is 2.38 bits per heavy atom. The summed E-state index contributed by atoms with van der Waals surface area (Å²) in [4.78, 5) is 45.6. The number of hydrogen-bond acceptors (Lipinski definition) is 5. The Labute approximate surface area is 204 Å². The van der Waals surface area contributed by atoms with Gasteiger partial charge in [0.25, 0.3) is 11.8 Å². The van der Waals surface area contributed by atoms with Gasteiger partial charge in [-0.2, -0.15) is 0 Å². The van der Waals surface area contributed by atoms with E-state index in [9.17, 15) is 14.4 Å². The van der Waals surface area contributed by atoms with Crippen molar-refractivity contribution in [1.82, 2.24) is 9.80 Å². The lowest BCUT2D eigenvalue weighted by Gasteiger charge is -2.30. The predicted octanol–water partition coefficient (Wildman–Crippen LogP) is 4.08. The molecule has 3 aliphatic rings. The van der Waals surface area contributed by atoms with E-state index in [2.05, 4.69) is 10.2 Å². The molecule has 2 aliphatic heterocycles. The van der Waals surface area contributed by atoms with Crippen LogP contribution in [0.3, 0.4) is 0 Å². The summed E-state index contributed by atoms with van der Waals surface area (Å²) in [6, 6.07) is 9.31. The van der Waals surface area contributed by atoms with Gasteiger partial charge in [-0.25, -0.2) is 0 Å². The molecule has 0 unspecified atom stereocenters. The summed E-state index contributed by atoms with van der Waals surface area (Å²) in [6.45, 7) is 4.51. The quantitative estimate of drug-likeness (QED) is 0.700. The van der Waals surface area contributed by atoms with Crippen LogP contribution < -0.4 is 10.2 Å². The van der Waals surface area contributed by atoms with Gasteiger partial charge >= 0.3 is 0 Å². The second-order valence-electron chi connectivity index (χ2n) is 9.46. The van der Waals surface area contributed by atoms with Crippen LogP contribution in [-0.4, -0.2) is 66.8 Å². The van der Waals surface area contributed by atoms with E-state index < -0.39 is 0 Å². The number of thiophene rings is 1. The number of benzene rings is 1. The van der Waals surface area contributed by atoms with Gasteiger partial charge in [0, 0.05) is 56.6 Å². The highest BCUT2D eigenvalue weighted by atomic mass is 32.1. The third-order valence-corrected chi connectivity index (χ3v) is 7.82. The molecule has 8 heteroatoms. The first-order valence-electron chi connectivity index (χ1n) is 12.4. The zero-order valence-corrected chi connectivity index (χ0v) is 20.3. The van der Waals surface area contributed by atoms with Crippen LogP contribution in [-0.2, 0) is 4.79 Å². The fourth-order valence-corrected chi connectivity index (χ4v) is 5.51. The van der Waals surface area contributed by atoms with Gasteiger partial charge in [0.15, 0.2) is 0 Å². The number of nitrogens with one attached hydrogen (secondary N) is 1. The molecule has 1 saturated carbocycles. The number of likely N-dealkylation sites (tertiary alicyclic amines) is 1. The molecule has 1 N–H and O–H groups in total. The molecule has 0 bridgehead atoms. The summed E-state index contributed by atoms with van der Waals surface area (Å²) in [5, 5.41) is 4.83. The van der Waals surface area contributed by atoms with E-state index >= 15 is 0 Å². The highest BCUT2D eigenvalue weighted by Gasteiger charge is 2.34. The third-order valence-electron chi connectivity index (χ3n) is 6.95. The van der Waals surface area contributed by atoms with Crippen molar-refractivity contribution in [2.75, 3.05) is 49.5 Å². The van der Waals surface area contributed by atoms with Crippen LogP contribution >= 0.6 is 11.3 Å². The molecule has 1 aromatic heterocycles. The maximum absolute atomic E-state index is 13.6. The van der Waals surface area contributed by atoms with E-state index in [1.54, 1.807) is 6.07 Å². The molecule has 3 amide bonds. The predicted molar refractivity (Wildman–Crippen MR) is 135 cm³/mol. The molecular formula is C26H32N4O3S. The number of carbonyl (C=O) groups excluding carboxylic acids is 3. The highest BCUT2D eigenvalue weighted by Crippen LogP contribution is 2.32. The normalized spacial score (nSPS) is 19.0. The second kappa shape index (κ2) is 10.2. The summed E-state index contributed by atoms with van der Waals surface area (Å²) < 4.78 is 0. The Bertz CT molecular complexity index is 1040. The van der Waals surface area contributed by atoms with Crippen molar-refractivity contribution in [3.05, 3.63) is 46.2 Å². The van der Waals surface area contributed by atoms with Crippen molar-refractivity contribution >= 4 is 40.4 Å². The van der Waals surface area contributed by atoms with E-state index in [0.29, 0.717) is 29.2 Å². The molecule has 1 aliphatic carbocycles. The van der Waals surface area contributed by atoms with Gasteiger partial charge in [-0.1, -0.05) is 6.07 Å². The zero-order chi connectivity index (χ0) is 23.5. The Kier molecular flexibility index (Phi) is 6.85. The van der Waals surface area contributed by atoms with Crippen molar-refractivity contribution < 1.29 is 14.4 Å². The Morgan fingerprint density at radius 1 is 0.853 bits per heavy atom. The number of amides is 3. The number of anilines is 2. The number of nitrogens with zero attached hydrogens (tertiary/aromatic N) is 3. The summed E-state index contributed by atoms with van der Waals surface area (Å²) in [5.74, 6) is 0.382. The summed E-state index contributed by atoms with van der Waals surface area (Å²) >= 11 is 1.39. The van der Waals surface area contributed by atoms with Crippen LogP contribution in [0.25, 0.3) is 0 Å². The monoisotopic (exact) mass is 480 g/mol. The fourth-order valence-electron chi connectivity index (χ4n) is 4.90. The maximum Gasteiger partial charge on any atom is 0.265 e. The zero-order valence-electron chi connectivity index (χ0n) is 19.5. The first-order chi connectivity index (χ1) is 16.6. The van der Waals surface area contributed by atoms with Crippen LogP contribution in [0.4, 0.5) is 11.4 Å². The second-order valence-corrected chi connectivity index (χ2v) is 10.4. The number of carbonyl (C=O) groups is 3. The molecule has 34 heavy (non-hydrogen) atoms. The van der Waals surface area contributed by atoms with E-state index in [1.165, 1.54) is 11.3 Å². The van der Waals surface area contributed by atoms with E-state index in [-0.39, 0.29) is 23.6 Å². The topological polar surface area (TPSA) is 73.0 Å². The maximum atomic E-state index is 13.6. The molecule has 0 atom stereocenters. The van der Waals surface area contributed by atoms with Gasteiger partial charge in [0.2, 0.25) is 5.91 Å². The van der Waals surface area contributed by atoms with Crippen LogP contribution in [0.5, 0.6) is 0 Å². The smallest absolute Gasteiger partial charge is 0.265 e. The lowest BCUT2D eigenvalue weighted by Crippen LogP contribution is -2.38. The first kappa shape index (κ1) is 22.9. The fraction of sp³-hybridized carbons (Fsp3) is 0.500. The molecular weight excluding hydrogens is 448 g/mol. The molecule has 3 fully saturated rings. The van der Waals surface area contributed by atoms with Crippen LogP contribution in [0.2, 0.25) is 0 Å². The summed E-state index contributed by atoms with van der Waals surface area (Å²) in [6.07, 6.45) is 6.13. The van der Waals surface area contributed by atoms with Gasteiger partial charge in [-0.05, 0) is 68.2 Å². The van der Waals surface area contributed by atoms with Gasteiger partial charge in [-0.3, -0.25) is 14.4 Å². The molecule has 3 heterocycles. The molecule has 0 radical (unpaired) electrons. The lowest BCUT2D eigenvalue weighted by molar-refractivity contribution is -0.132. The number of piperidine rings is 1. The highest BCUT2D eigenvalue weighted by molar-refractivity contribution is 7.12. The minimum atomic E-state index is -0.164. The van der Waals surface area contributed by atoms with Gasteiger partial charge in [-0.15, -0.1) is 11.3 Å². The first-order valence-corrected chi connectivity index (χ1v) is 13.3. The molecule has 2 aromatic rings. The Morgan fingerprint density at radius 2 is 1.65 bits per heavy atom. The van der Waals surface area contributed by atoms with Crippen molar-refractivity contribution in [2.45, 2.75) is 38.5 Å². The van der Waals surface area contributed by atoms with Gasteiger partial charge < -0.3 is 20.0 Å². The summed E-state index contributed by atoms with van der Waals surface area (Å²) in [5.41, 5.74) is 2.15. The Hall–Kier alpha value is -2.87. The molecule has 5 rings (SSSR count). The standard InChI is InChI=1S/C26H32N4O3S/c31-24(23-6-4-17-34-23)27-20-9-10-22(21(18-20)26(33)29-11-2-1-3-12-29)28-13-5-14-30(16-15-28)25(32)19-7-8-19/h4,6,9-10,17-19H,1-3,5,7-8,11-16H2,(H,27,31). The van der Waals surface area contributed by atoms with E-state index in [1.807, 2.05) is 39.4 Å². The molecule has 7 nitrogen and oxygen atoms in total. The molecule has 2 saturated heterocycles. The average Bonchev–Trinajstić information content (AvgIpc) is 3.63.